The van der Waals surface area contributed by atoms with Gasteiger partial charge >= 0.3 is 0 Å². The molecule has 0 aliphatic heterocycles. The zero-order chi connectivity index (χ0) is 9.02. The first kappa shape index (κ1) is 11.0. The summed E-state index contributed by atoms with van der Waals surface area (Å²) in [6.45, 7) is 2.65. The Hall–Kier alpha value is -0.0500. The number of aliphatic hydroxyl groups is 2. The molecule has 0 rings (SSSR count). The SMILES string of the molecule is CC(O)N(NS(=O)[O-])C(C)O. The van der Waals surface area contributed by atoms with Gasteiger partial charge in [-0.25, -0.2) is 0 Å². The molecule has 0 radical (unpaired) electrons. The number of hydrazine groups is 1. The molecule has 0 saturated heterocycles. The summed E-state index contributed by atoms with van der Waals surface area (Å²) in [5.74, 6) is 0. The molecule has 0 saturated carbocycles. The van der Waals surface area contributed by atoms with Crippen molar-refractivity contribution in [1.82, 2.24) is 9.84 Å². The Bertz CT molecular complexity index is 132. The van der Waals surface area contributed by atoms with Crippen LogP contribution in [0.2, 0.25) is 0 Å². The van der Waals surface area contributed by atoms with Crippen LogP contribution in [0.3, 0.4) is 0 Å². The molecule has 7 heteroatoms. The van der Waals surface area contributed by atoms with Crippen LogP contribution in [0.25, 0.3) is 0 Å². The summed E-state index contributed by atoms with van der Waals surface area (Å²) in [6.07, 6.45) is -2.15. The summed E-state index contributed by atoms with van der Waals surface area (Å²) < 4.78 is 20.1. The molecule has 3 unspecified atom stereocenters. The summed E-state index contributed by atoms with van der Waals surface area (Å²) in [6, 6.07) is 0. The Labute approximate surface area is 67.2 Å². The molecule has 0 amide bonds. The third-order valence-corrected chi connectivity index (χ3v) is 1.34. The maximum Gasteiger partial charge on any atom is 0.120 e. The summed E-state index contributed by atoms with van der Waals surface area (Å²) >= 11 is -2.53. The number of nitrogens with one attached hydrogen (secondary N) is 1. The fourth-order valence-corrected chi connectivity index (χ4v) is 1.03. The summed E-state index contributed by atoms with van der Waals surface area (Å²) in [4.78, 5) is 1.83. The van der Waals surface area contributed by atoms with Crippen molar-refractivity contribution in [2.24, 2.45) is 0 Å². The van der Waals surface area contributed by atoms with Crippen LogP contribution >= 0.6 is 0 Å². The molecule has 0 bridgehead atoms. The summed E-state index contributed by atoms with van der Waals surface area (Å²) in [5.41, 5.74) is 0. The van der Waals surface area contributed by atoms with E-state index in [1.807, 2.05) is 4.83 Å². The summed E-state index contributed by atoms with van der Waals surface area (Å²) in [7, 11) is 0. The number of rotatable bonds is 4. The van der Waals surface area contributed by atoms with Gasteiger partial charge in [-0.05, 0) is 13.8 Å². The number of hydrogen-bond acceptors (Lipinski definition) is 5. The van der Waals surface area contributed by atoms with Gasteiger partial charge in [-0.2, -0.15) is 9.84 Å². The van der Waals surface area contributed by atoms with Gasteiger partial charge in [-0.1, -0.05) is 0 Å². The lowest BCUT2D eigenvalue weighted by Gasteiger charge is -2.28. The minimum Gasteiger partial charge on any atom is -0.759 e. The van der Waals surface area contributed by atoms with Crippen LogP contribution in [0.1, 0.15) is 13.8 Å². The lowest BCUT2D eigenvalue weighted by Crippen LogP contribution is -2.50. The minimum atomic E-state index is -2.53. The zero-order valence-corrected chi connectivity index (χ0v) is 7.04. The average molecular weight is 183 g/mol. The van der Waals surface area contributed by atoms with Crippen LogP contribution in [0.4, 0.5) is 0 Å². The second kappa shape index (κ2) is 4.75. The monoisotopic (exact) mass is 183 g/mol. The quantitative estimate of drug-likeness (QED) is 0.273. The van der Waals surface area contributed by atoms with Crippen molar-refractivity contribution in [1.29, 1.82) is 0 Å². The van der Waals surface area contributed by atoms with E-state index in [4.69, 9.17) is 10.2 Å². The van der Waals surface area contributed by atoms with Crippen molar-refractivity contribution < 1.29 is 19.0 Å². The van der Waals surface area contributed by atoms with Crippen LogP contribution in [0, 0.1) is 0 Å². The highest BCUT2D eigenvalue weighted by Gasteiger charge is 2.15. The lowest BCUT2D eigenvalue weighted by atomic mass is 10.5. The smallest absolute Gasteiger partial charge is 0.120 e. The highest BCUT2D eigenvalue weighted by atomic mass is 32.2. The van der Waals surface area contributed by atoms with E-state index in [0.29, 0.717) is 0 Å². The van der Waals surface area contributed by atoms with Crippen LogP contribution in [-0.4, -0.2) is 36.4 Å². The highest BCUT2D eigenvalue weighted by molar-refractivity contribution is 7.76. The maximum atomic E-state index is 10.0. The molecule has 3 N–H and O–H groups in total. The van der Waals surface area contributed by atoms with Crippen molar-refractivity contribution in [3.05, 3.63) is 0 Å². The van der Waals surface area contributed by atoms with Crippen molar-refractivity contribution in [3.63, 3.8) is 0 Å². The Kier molecular flexibility index (Phi) is 4.73. The average Bonchev–Trinajstić information content (AvgIpc) is 1.81. The molecule has 0 aromatic heterocycles. The maximum absolute atomic E-state index is 10.0. The summed E-state index contributed by atoms with van der Waals surface area (Å²) in [5, 5.41) is 18.5. The largest absolute Gasteiger partial charge is 0.759 e. The van der Waals surface area contributed by atoms with Gasteiger partial charge in [0.15, 0.2) is 0 Å². The molecule has 0 aliphatic carbocycles. The predicted octanol–water partition coefficient (Wildman–Crippen LogP) is -1.74. The third-order valence-electron chi connectivity index (χ3n) is 0.985. The fourth-order valence-electron chi connectivity index (χ4n) is 0.551. The zero-order valence-electron chi connectivity index (χ0n) is 6.22. The first-order valence-corrected chi connectivity index (χ1v) is 4.02. The van der Waals surface area contributed by atoms with E-state index in [1.54, 1.807) is 0 Å². The van der Waals surface area contributed by atoms with Gasteiger partial charge in [0.25, 0.3) is 0 Å². The van der Waals surface area contributed by atoms with E-state index >= 15 is 0 Å². The van der Waals surface area contributed by atoms with Crippen molar-refractivity contribution >= 4 is 11.3 Å². The van der Waals surface area contributed by atoms with Crippen LogP contribution < -0.4 is 4.83 Å². The Morgan fingerprint density at radius 3 is 1.91 bits per heavy atom. The molecule has 0 aromatic carbocycles. The van der Waals surface area contributed by atoms with Gasteiger partial charge in [-0.15, -0.1) is 0 Å². The van der Waals surface area contributed by atoms with Crippen molar-refractivity contribution in [2.75, 3.05) is 0 Å². The topological polar surface area (TPSA) is 95.9 Å². The van der Waals surface area contributed by atoms with E-state index in [1.165, 1.54) is 13.8 Å². The number of hydrogen-bond donors (Lipinski definition) is 3. The van der Waals surface area contributed by atoms with Gasteiger partial charge in [-0.3, -0.25) is 4.21 Å². The fraction of sp³-hybridized carbons (Fsp3) is 1.00. The van der Waals surface area contributed by atoms with Crippen LogP contribution in [-0.2, 0) is 11.3 Å². The minimum absolute atomic E-state index is 0.781. The molecule has 3 atom stereocenters. The van der Waals surface area contributed by atoms with E-state index < -0.39 is 23.7 Å². The van der Waals surface area contributed by atoms with E-state index in [9.17, 15) is 8.76 Å². The van der Waals surface area contributed by atoms with Gasteiger partial charge in [0, 0.05) is 11.3 Å². The molecule has 0 heterocycles. The molecule has 0 spiro atoms. The molecular formula is C4H11N2O4S-. The molecule has 0 aromatic rings. The Balaban J connectivity index is 4.00. The van der Waals surface area contributed by atoms with E-state index in [2.05, 4.69) is 0 Å². The third kappa shape index (κ3) is 4.40. The van der Waals surface area contributed by atoms with Crippen molar-refractivity contribution in [2.45, 2.75) is 26.3 Å². The first-order valence-electron chi connectivity index (χ1n) is 2.95. The second-order valence-electron chi connectivity index (χ2n) is 2.00. The molecule has 6 nitrogen and oxygen atoms in total. The Morgan fingerprint density at radius 2 is 1.82 bits per heavy atom. The van der Waals surface area contributed by atoms with Gasteiger partial charge in [0.1, 0.15) is 12.5 Å². The van der Waals surface area contributed by atoms with E-state index in [0.717, 1.165) is 5.01 Å². The molecule has 0 fully saturated rings. The molecular weight excluding hydrogens is 172 g/mol. The second-order valence-corrected chi connectivity index (χ2v) is 2.65. The number of aliphatic hydroxyl groups excluding tert-OH is 2. The molecule has 0 aliphatic rings. The van der Waals surface area contributed by atoms with Gasteiger partial charge < -0.3 is 14.8 Å². The normalized spacial score (nSPS) is 19.8. The number of nitrogens with zero attached hydrogens (tertiary/aromatic N) is 1. The first-order chi connectivity index (χ1) is 4.95. The van der Waals surface area contributed by atoms with Crippen LogP contribution in [0.5, 0.6) is 0 Å². The van der Waals surface area contributed by atoms with Gasteiger partial charge in [0.2, 0.25) is 0 Å². The Morgan fingerprint density at radius 1 is 1.45 bits per heavy atom. The lowest BCUT2D eigenvalue weighted by molar-refractivity contribution is -0.0996. The highest BCUT2D eigenvalue weighted by Crippen LogP contribution is 1.95. The molecule has 68 valence electrons. The van der Waals surface area contributed by atoms with Crippen LogP contribution in [0.15, 0.2) is 0 Å². The molecule has 11 heavy (non-hydrogen) atoms. The van der Waals surface area contributed by atoms with Gasteiger partial charge in [0.05, 0.1) is 0 Å². The van der Waals surface area contributed by atoms with Crippen molar-refractivity contribution in [3.8, 4) is 0 Å². The van der Waals surface area contributed by atoms with E-state index in [-0.39, 0.29) is 0 Å². The predicted molar refractivity (Wildman–Crippen MR) is 37.3 cm³/mol. The standard InChI is InChI=1S/C4H12N2O4S/c1-3(7)6(4(2)8)5-11(9)10/h3-5,7-8H,1-2H3,(H,9,10)/p-1.